The average molecular weight is 472 g/mol. The summed E-state index contributed by atoms with van der Waals surface area (Å²) < 4.78 is 28.0. The molecule has 0 amide bonds. The molecular weight excluding hydrogens is 440 g/mol. The summed E-state index contributed by atoms with van der Waals surface area (Å²) in [6.07, 6.45) is -2.42. The van der Waals surface area contributed by atoms with Crippen LogP contribution in [0.2, 0.25) is 0 Å². The first-order valence-corrected chi connectivity index (χ1v) is 12.5. The first kappa shape index (κ1) is 23.9. The summed E-state index contributed by atoms with van der Waals surface area (Å²) >= 11 is 1.86. The van der Waals surface area contributed by atoms with Crippen molar-refractivity contribution in [3.63, 3.8) is 0 Å². The Balaban J connectivity index is 1.34. The molecule has 0 radical (unpaired) electrons. The summed E-state index contributed by atoms with van der Waals surface area (Å²) in [7, 11) is 0. The lowest BCUT2D eigenvalue weighted by Gasteiger charge is -2.34. The Labute approximate surface area is 199 Å². The monoisotopic (exact) mass is 471 g/mol. The maximum atomic E-state index is 12.8. The minimum atomic E-state index is -2.54. The molecule has 0 unspecified atom stereocenters. The zero-order chi connectivity index (χ0) is 23.0. The van der Waals surface area contributed by atoms with Crippen molar-refractivity contribution in [2.45, 2.75) is 26.3 Å². The van der Waals surface area contributed by atoms with Gasteiger partial charge in [-0.25, -0.2) is 8.78 Å². The molecule has 0 N–H and O–H groups in total. The number of alkyl halides is 2. The second-order valence-electron chi connectivity index (χ2n) is 8.29. The molecule has 0 spiro atoms. The van der Waals surface area contributed by atoms with Crippen LogP contribution in [0, 0.1) is 0 Å². The lowest BCUT2D eigenvalue weighted by atomic mass is 10.0. The van der Waals surface area contributed by atoms with E-state index in [0.29, 0.717) is 5.71 Å². The van der Waals surface area contributed by atoms with Crippen LogP contribution in [0.1, 0.15) is 24.5 Å². The molecule has 1 saturated heterocycles. The van der Waals surface area contributed by atoms with Gasteiger partial charge in [0.2, 0.25) is 0 Å². The molecular formula is C25H31F2N5S. The van der Waals surface area contributed by atoms with Crippen LogP contribution in [-0.2, 0) is 6.54 Å². The third-order valence-electron chi connectivity index (χ3n) is 6.12. The van der Waals surface area contributed by atoms with Crippen molar-refractivity contribution >= 4 is 29.1 Å². The molecule has 2 aliphatic rings. The van der Waals surface area contributed by atoms with Gasteiger partial charge in [0, 0.05) is 50.6 Å². The van der Waals surface area contributed by atoms with Crippen LogP contribution in [0.25, 0.3) is 0 Å². The van der Waals surface area contributed by atoms with Gasteiger partial charge in [-0.3, -0.25) is 4.90 Å². The Hall–Kier alpha value is -2.29. The molecule has 176 valence electrons. The fourth-order valence-electron chi connectivity index (χ4n) is 4.03. The highest BCUT2D eigenvalue weighted by molar-refractivity contribution is 8.00. The van der Waals surface area contributed by atoms with Crippen LogP contribution in [0.3, 0.4) is 0 Å². The number of anilines is 1. The SMILES string of the molecule is CCN1CCN(CCSN(Cc2ccc(C3=NN=C(C(F)F)C3)cc2)c2ccccc2)CC1. The Morgan fingerprint density at radius 2 is 1.64 bits per heavy atom. The molecule has 2 heterocycles. The molecule has 4 rings (SSSR count). The number of para-hydroxylation sites is 1. The largest absolute Gasteiger partial charge is 0.312 e. The fraction of sp³-hybridized carbons (Fsp3) is 0.440. The maximum absolute atomic E-state index is 12.8. The number of piperazine rings is 1. The zero-order valence-corrected chi connectivity index (χ0v) is 19.9. The van der Waals surface area contributed by atoms with E-state index in [4.69, 9.17) is 0 Å². The summed E-state index contributed by atoms with van der Waals surface area (Å²) in [5.41, 5.74) is 3.65. The van der Waals surface area contributed by atoms with Crippen LogP contribution >= 0.6 is 11.9 Å². The highest BCUT2D eigenvalue weighted by Crippen LogP contribution is 2.26. The summed E-state index contributed by atoms with van der Waals surface area (Å²) in [4.78, 5) is 5.05. The lowest BCUT2D eigenvalue weighted by Crippen LogP contribution is -2.46. The van der Waals surface area contributed by atoms with Crippen molar-refractivity contribution in [1.82, 2.24) is 9.80 Å². The number of likely N-dealkylation sites (N-methyl/N-ethyl adjacent to an activating group) is 1. The van der Waals surface area contributed by atoms with Gasteiger partial charge >= 0.3 is 0 Å². The van der Waals surface area contributed by atoms with Crippen LogP contribution in [0.15, 0.2) is 64.8 Å². The molecule has 0 atom stereocenters. The predicted octanol–water partition coefficient (Wildman–Crippen LogP) is 4.79. The van der Waals surface area contributed by atoms with Gasteiger partial charge in [-0.05, 0) is 41.8 Å². The normalized spacial score (nSPS) is 17.3. The fourth-order valence-corrected chi connectivity index (χ4v) is 5.10. The van der Waals surface area contributed by atoms with Gasteiger partial charge in [-0.2, -0.15) is 10.2 Å². The van der Waals surface area contributed by atoms with Crippen LogP contribution in [0.5, 0.6) is 0 Å². The predicted molar refractivity (Wildman–Crippen MR) is 135 cm³/mol. The molecule has 0 saturated carbocycles. The minimum Gasteiger partial charge on any atom is -0.312 e. The summed E-state index contributed by atoms with van der Waals surface area (Å²) in [5, 5.41) is 7.57. The van der Waals surface area contributed by atoms with Gasteiger partial charge in [0.15, 0.2) is 0 Å². The number of rotatable bonds is 10. The molecule has 0 aromatic heterocycles. The maximum Gasteiger partial charge on any atom is 0.278 e. The third kappa shape index (κ3) is 6.62. The van der Waals surface area contributed by atoms with Crippen LogP contribution < -0.4 is 4.31 Å². The molecule has 0 aliphatic carbocycles. The Bertz CT molecular complexity index is 941. The van der Waals surface area contributed by atoms with E-state index in [0.717, 1.165) is 57.1 Å². The molecule has 1 fully saturated rings. The van der Waals surface area contributed by atoms with Crippen molar-refractivity contribution in [3.05, 3.63) is 65.7 Å². The van der Waals surface area contributed by atoms with E-state index in [-0.39, 0.29) is 12.1 Å². The van der Waals surface area contributed by atoms with Crippen molar-refractivity contribution in [2.75, 3.05) is 49.3 Å². The summed E-state index contributed by atoms with van der Waals surface area (Å²) in [6, 6.07) is 18.5. The Morgan fingerprint density at radius 3 is 2.27 bits per heavy atom. The zero-order valence-electron chi connectivity index (χ0n) is 19.0. The van der Waals surface area contributed by atoms with E-state index in [1.54, 1.807) is 0 Å². The molecule has 2 aliphatic heterocycles. The van der Waals surface area contributed by atoms with Gasteiger partial charge in [0.05, 0.1) is 12.3 Å². The highest BCUT2D eigenvalue weighted by atomic mass is 32.2. The molecule has 2 aromatic rings. The van der Waals surface area contributed by atoms with Crippen molar-refractivity contribution in [1.29, 1.82) is 0 Å². The van der Waals surface area contributed by atoms with Gasteiger partial charge in [-0.15, -0.1) is 0 Å². The Morgan fingerprint density at radius 1 is 0.939 bits per heavy atom. The van der Waals surface area contributed by atoms with E-state index in [1.165, 1.54) is 11.3 Å². The van der Waals surface area contributed by atoms with Gasteiger partial charge in [0.1, 0.15) is 5.71 Å². The van der Waals surface area contributed by atoms with Crippen molar-refractivity contribution < 1.29 is 8.78 Å². The first-order valence-electron chi connectivity index (χ1n) is 11.5. The van der Waals surface area contributed by atoms with E-state index in [9.17, 15) is 8.78 Å². The van der Waals surface area contributed by atoms with Crippen LogP contribution in [-0.4, -0.2) is 72.7 Å². The number of hydrogen-bond acceptors (Lipinski definition) is 6. The molecule has 5 nitrogen and oxygen atoms in total. The standard InChI is InChI=1S/C25H31F2N5S/c1-2-30-12-14-31(15-13-30)16-17-33-32(22-6-4-3-5-7-22)19-20-8-10-21(11-9-20)23-18-24(25(26)27)29-28-23/h3-11,25H,2,12-19H2,1H3. The van der Waals surface area contributed by atoms with E-state index in [2.05, 4.69) is 67.6 Å². The Kier molecular flexibility index (Phi) is 8.47. The smallest absolute Gasteiger partial charge is 0.278 e. The van der Waals surface area contributed by atoms with Gasteiger partial charge < -0.3 is 9.21 Å². The number of benzene rings is 2. The van der Waals surface area contributed by atoms with Crippen molar-refractivity contribution in [2.24, 2.45) is 10.2 Å². The number of hydrogen-bond donors (Lipinski definition) is 0. The summed E-state index contributed by atoms with van der Waals surface area (Å²) in [6.45, 7) is 9.81. The second kappa shape index (κ2) is 11.7. The topological polar surface area (TPSA) is 34.4 Å². The highest BCUT2D eigenvalue weighted by Gasteiger charge is 2.22. The number of nitrogens with zero attached hydrogens (tertiary/aromatic N) is 5. The second-order valence-corrected chi connectivity index (χ2v) is 9.40. The van der Waals surface area contributed by atoms with E-state index >= 15 is 0 Å². The summed E-state index contributed by atoms with van der Waals surface area (Å²) in [5.74, 6) is 1.03. The third-order valence-corrected chi connectivity index (χ3v) is 7.14. The van der Waals surface area contributed by atoms with E-state index in [1.807, 2.05) is 30.1 Å². The quantitative estimate of drug-likeness (QED) is 0.467. The molecule has 33 heavy (non-hydrogen) atoms. The van der Waals surface area contributed by atoms with Gasteiger partial charge in [-0.1, -0.05) is 49.4 Å². The minimum absolute atomic E-state index is 0.121. The molecule has 8 heteroatoms. The van der Waals surface area contributed by atoms with Crippen LogP contribution in [0.4, 0.5) is 14.5 Å². The average Bonchev–Trinajstić information content (AvgIpc) is 3.36. The molecule has 2 aromatic carbocycles. The van der Waals surface area contributed by atoms with Gasteiger partial charge in [0.25, 0.3) is 6.43 Å². The first-order chi connectivity index (χ1) is 16.1. The number of halogens is 2. The van der Waals surface area contributed by atoms with Crippen molar-refractivity contribution in [3.8, 4) is 0 Å². The lowest BCUT2D eigenvalue weighted by molar-refractivity contribution is 0.143. The molecule has 0 bridgehead atoms. The van der Waals surface area contributed by atoms with E-state index < -0.39 is 6.43 Å².